The molecule has 1 aliphatic rings. The molecule has 0 bridgehead atoms. The number of hydrogen-bond donors (Lipinski definition) is 2. The van der Waals surface area contributed by atoms with Gasteiger partial charge in [-0.1, -0.05) is 0 Å². The van der Waals surface area contributed by atoms with Gasteiger partial charge in [-0.05, 0) is 51.7 Å². The normalized spacial score (nSPS) is 18.9. The molecule has 0 amide bonds. The summed E-state index contributed by atoms with van der Waals surface area (Å²) >= 11 is 1.16. The Kier molecular flexibility index (Phi) is 3.57. The van der Waals surface area contributed by atoms with Gasteiger partial charge in [0, 0.05) is 10.4 Å². The minimum absolute atomic E-state index is 0.270. The van der Waals surface area contributed by atoms with Gasteiger partial charge in [-0.2, -0.15) is 0 Å². The summed E-state index contributed by atoms with van der Waals surface area (Å²) in [4.78, 5) is 0.742. The Hall–Kier alpha value is -0.430. The van der Waals surface area contributed by atoms with Crippen molar-refractivity contribution in [2.24, 2.45) is 5.92 Å². The van der Waals surface area contributed by atoms with E-state index in [-0.39, 0.29) is 4.21 Å². The van der Waals surface area contributed by atoms with Gasteiger partial charge in [0.15, 0.2) is 0 Å². The molecule has 1 atom stereocenters. The van der Waals surface area contributed by atoms with Gasteiger partial charge >= 0.3 is 0 Å². The lowest BCUT2D eigenvalue weighted by molar-refractivity contribution is 0.157. The Morgan fingerprint density at radius 1 is 1.39 bits per heavy atom. The third-order valence-corrected chi connectivity index (χ3v) is 6.07. The zero-order valence-corrected chi connectivity index (χ0v) is 12.4. The molecule has 1 saturated carbocycles. The maximum atomic E-state index is 12.1. The molecule has 1 fully saturated rings. The summed E-state index contributed by atoms with van der Waals surface area (Å²) in [6.45, 7) is 5.41. The number of sulfonamides is 1. The van der Waals surface area contributed by atoms with Crippen LogP contribution in [0.5, 0.6) is 0 Å². The standard InChI is InChI=1S/C12H19NO3S2/c1-12(2,3)13-18(15,16)10-7-6-9(17-10)11(14)8-4-5-8/h6-8,11,13-14H,4-5H2,1-3H3. The molecule has 0 aromatic carbocycles. The van der Waals surface area contributed by atoms with E-state index in [2.05, 4.69) is 4.72 Å². The first-order valence-electron chi connectivity index (χ1n) is 6.01. The summed E-state index contributed by atoms with van der Waals surface area (Å²) in [6.07, 6.45) is 1.55. The minimum atomic E-state index is -3.48. The van der Waals surface area contributed by atoms with Crippen LogP contribution < -0.4 is 4.72 Å². The number of thiophene rings is 1. The lowest BCUT2D eigenvalue weighted by atomic mass is 10.1. The van der Waals surface area contributed by atoms with Crippen LogP contribution in [-0.4, -0.2) is 19.1 Å². The van der Waals surface area contributed by atoms with Gasteiger partial charge < -0.3 is 5.11 Å². The molecule has 0 saturated heterocycles. The Morgan fingerprint density at radius 2 is 2.00 bits per heavy atom. The highest BCUT2D eigenvalue weighted by Gasteiger charge is 2.33. The molecule has 1 heterocycles. The highest BCUT2D eigenvalue weighted by Crippen LogP contribution is 2.43. The lowest BCUT2D eigenvalue weighted by Gasteiger charge is -2.19. The van der Waals surface area contributed by atoms with Crippen LogP contribution in [0, 0.1) is 5.92 Å². The van der Waals surface area contributed by atoms with Crippen molar-refractivity contribution in [3.63, 3.8) is 0 Å². The molecule has 0 spiro atoms. The predicted molar refractivity (Wildman–Crippen MR) is 72.1 cm³/mol. The zero-order chi connectivity index (χ0) is 13.6. The third-order valence-electron chi connectivity index (χ3n) is 2.67. The van der Waals surface area contributed by atoms with E-state index in [4.69, 9.17) is 0 Å². The van der Waals surface area contributed by atoms with E-state index in [1.807, 2.05) is 0 Å². The third kappa shape index (κ3) is 3.32. The average molecular weight is 289 g/mol. The predicted octanol–water partition coefficient (Wildman–Crippen LogP) is 2.27. The van der Waals surface area contributed by atoms with E-state index < -0.39 is 21.7 Å². The van der Waals surface area contributed by atoms with Crippen LogP contribution in [0.1, 0.15) is 44.6 Å². The summed E-state index contributed by atoms with van der Waals surface area (Å²) in [5.74, 6) is 0.315. The van der Waals surface area contributed by atoms with Gasteiger partial charge in [0.05, 0.1) is 6.10 Å². The van der Waals surface area contributed by atoms with Crippen LogP contribution in [0.4, 0.5) is 0 Å². The maximum Gasteiger partial charge on any atom is 0.250 e. The van der Waals surface area contributed by atoms with Gasteiger partial charge in [0.1, 0.15) is 4.21 Å². The van der Waals surface area contributed by atoms with Crippen molar-refractivity contribution < 1.29 is 13.5 Å². The van der Waals surface area contributed by atoms with Crippen molar-refractivity contribution in [2.45, 2.75) is 49.5 Å². The highest BCUT2D eigenvalue weighted by atomic mass is 32.2. The Bertz CT molecular complexity index is 524. The van der Waals surface area contributed by atoms with Gasteiger partial charge in [0.25, 0.3) is 10.0 Å². The number of nitrogens with one attached hydrogen (secondary N) is 1. The van der Waals surface area contributed by atoms with E-state index in [1.165, 1.54) is 0 Å². The molecule has 0 aliphatic heterocycles. The fraction of sp³-hybridized carbons (Fsp3) is 0.667. The van der Waals surface area contributed by atoms with Crippen molar-refractivity contribution in [3.05, 3.63) is 17.0 Å². The van der Waals surface area contributed by atoms with Gasteiger partial charge in [-0.15, -0.1) is 11.3 Å². The molecule has 4 nitrogen and oxygen atoms in total. The molecule has 102 valence electrons. The summed E-state index contributed by atoms with van der Waals surface area (Å²) in [5, 5.41) is 9.97. The Morgan fingerprint density at radius 3 is 2.50 bits per heavy atom. The van der Waals surface area contributed by atoms with E-state index in [0.717, 1.165) is 29.1 Å². The SMILES string of the molecule is CC(C)(C)NS(=O)(=O)c1ccc(C(O)C2CC2)s1. The number of aliphatic hydroxyl groups is 1. The maximum absolute atomic E-state index is 12.1. The zero-order valence-electron chi connectivity index (χ0n) is 10.8. The summed E-state index contributed by atoms with van der Waals surface area (Å²) in [7, 11) is -3.48. The van der Waals surface area contributed by atoms with E-state index in [0.29, 0.717) is 5.92 Å². The number of hydrogen-bond acceptors (Lipinski definition) is 4. The van der Waals surface area contributed by atoms with Crippen LogP contribution in [0.25, 0.3) is 0 Å². The fourth-order valence-electron chi connectivity index (χ4n) is 1.74. The minimum Gasteiger partial charge on any atom is -0.387 e. The molecule has 1 unspecified atom stereocenters. The van der Waals surface area contributed by atoms with Crippen molar-refractivity contribution in [1.82, 2.24) is 4.72 Å². The molecule has 6 heteroatoms. The number of aliphatic hydroxyl groups excluding tert-OH is 1. The topological polar surface area (TPSA) is 66.4 Å². The average Bonchev–Trinajstić information content (AvgIpc) is 2.90. The van der Waals surface area contributed by atoms with Crippen molar-refractivity contribution in [1.29, 1.82) is 0 Å². The molecular formula is C12H19NO3S2. The molecular weight excluding hydrogens is 270 g/mol. The highest BCUT2D eigenvalue weighted by molar-refractivity contribution is 7.91. The van der Waals surface area contributed by atoms with Crippen molar-refractivity contribution in [2.75, 3.05) is 0 Å². The van der Waals surface area contributed by atoms with E-state index >= 15 is 0 Å². The molecule has 1 aliphatic carbocycles. The van der Waals surface area contributed by atoms with Gasteiger partial charge in [-0.25, -0.2) is 13.1 Å². The van der Waals surface area contributed by atoms with Crippen LogP contribution in [0.3, 0.4) is 0 Å². The molecule has 2 N–H and O–H groups in total. The van der Waals surface area contributed by atoms with Gasteiger partial charge in [0.2, 0.25) is 0 Å². The quantitative estimate of drug-likeness (QED) is 0.893. The summed E-state index contributed by atoms with van der Waals surface area (Å²) < 4.78 is 27.1. The summed E-state index contributed by atoms with van der Waals surface area (Å²) in [6, 6.07) is 3.28. The van der Waals surface area contributed by atoms with Crippen LogP contribution in [-0.2, 0) is 10.0 Å². The fourth-order valence-corrected chi connectivity index (χ4v) is 4.56. The second-order valence-corrected chi connectivity index (χ2v) is 8.82. The first-order chi connectivity index (χ1) is 8.19. The van der Waals surface area contributed by atoms with Crippen molar-refractivity contribution in [3.8, 4) is 0 Å². The van der Waals surface area contributed by atoms with Gasteiger partial charge in [-0.3, -0.25) is 0 Å². The first-order valence-corrected chi connectivity index (χ1v) is 8.31. The monoisotopic (exact) mass is 289 g/mol. The molecule has 18 heavy (non-hydrogen) atoms. The molecule has 1 aromatic heterocycles. The molecule has 2 rings (SSSR count). The lowest BCUT2D eigenvalue weighted by Crippen LogP contribution is -2.40. The smallest absolute Gasteiger partial charge is 0.250 e. The second kappa shape index (κ2) is 4.59. The number of rotatable bonds is 4. The van der Waals surface area contributed by atoms with Crippen LogP contribution in [0.15, 0.2) is 16.3 Å². The van der Waals surface area contributed by atoms with Crippen LogP contribution in [0.2, 0.25) is 0 Å². The van der Waals surface area contributed by atoms with Crippen LogP contribution >= 0.6 is 11.3 Å². The molecule has 1 aromatic rings. The molecule has 0 radical (unpaired) electrons. The summed E-state index contributed by atoms with van der Waals surface area (Å²) in [5.41, 5.74) is -0.502. The Balaban J connectivity index is 2.18. The van der Waals surface area contributed by atoms with E-state index in [9.17, 15) is 13.5 Å². The second-order valence-electron chi connectivity index (χ2n) is 5.79. The van der Waals surface area contributed by atoms with Crippen molar-refractivity contribution >= 4 is 21.4 Å². The van der Waals surface area contributed by atoms with E-state index in [1.54, 1.807) is 32.9 Å². The Labute approximate surface area is 112 Å². The largest absolute Gasteiger partial charge is 0.387 e. The first kappa shape index (κ1) is 14.0.